The largest absolute Gasteiger partial charge is 0.576 e. The fraction of sp³-hybridized carbons (Fsp3) is 0.875. The van der Waals surface area contributed by atoms with Gasteiger partial charge in [-0.25, -0.2) is 4.79 Å². The van der Waals surface area contributed by atoms with Gasteiger partial charge in [0.25, 0.3) is 0 Å². The van der Waals surface area contributed by atoms with Gasteiger partial charge in [-0.15, -0.1) is 13.2 Å². The molecule has 2 aliphatic rings. The van der Waals surface area contributed by atoms with Crippen molar-refractivity contribution in [3.8, 4) is 0 Å². The van der Waals surface area contributed by atoms with Crippen LogP contribution in [0.15, 0.2) is 0 Å². The summed E-state index contributed by atoms with van der Waals surface area (Å²) in [5, 5.41) is 3.05. The van der Waals surface area contributed by atoms with Crippen molar-refractivity contribution in [1.82, 2.24) is 10.2 Å². The highest BCUT2D eigenvalue weighted by Gasteiger charge is 2.46. The molecule has 0 aliphatic carbocycles. The summed E-state index contributed by atoms with van der Waals surface area (Å²) < 4.78 is 38.6. The summed E-state index contributed by atoms with van der Waals surface area (Å²) in [4.78, 5) is 12.2. The summed E-state index contributed by atoms with van der Waals surface area (Å²) in [6.45, 7) is 2.23. The third-order valence-electron chi connectivity index (χ3n) is 2.90. The van der Waals surface area contributed by atoms with Crippen LogP contribution in [0.4, 0.5) is 18.0 Å². The van der Waals surface area contributed by atoms with E-state index >= 15 is 0 Å². The number of halogens is 3. The Kier molecular flexibility index (Phi) is 2.29. The predicted octanol–water partition coefficient (Wildman–Crippen LogP) is 0.938. The van der Waals surface area contributed by atoms with E-state index in [1.807, 2.05) is 0 Å². The number of alkyl halides is 3. The minimum atomic E-state index is -4.88. The topological polar surface area (TPSA) is 41.6 Å². The number of nitrogens with one attached hydrogen (secondary N) is 1. The highest BCUT2D eigenvalue weighted by molar-refractivity contribution is 5.68. The van der Waals surface area contributed by atoms with E-state index in [0.717, 1.165) is 24.4 Å². The fourth-order valence-corrected chi connectivity index (χ4v) is 2.02. The molecule has 2 saturated heterocycles. The van der Waals surface area contributed by atoms with Gasteiger partial charge in [-0.05, 0) is 6.42 Å². The van der Waals surface area contributed by atoms with Gasteiger partial charge < -0.3 is 15.0 Å². The molecule has 0 aromatic heterocycles. The molecule has 0 radical (unpaired) electrons. The van der Waals surface area contributed by atoms with E-state index in [1.54, 1.807) is 0 Å². The van der Waals surface area contributed by atoms with Crippen LogP contribution in [0.3, 0.4) is 0 Å². The third-order valence-corrected chi connectivity index (χ3v) is 2.90. The molecule has 7 heteroatoms. The van der Waals surface area contributed by atoms with Crippen LogP contribution in [-0.4, -0.2) is 43.5 Å². The number of hydrogen-bond acceptors (Lipinski definition) is 3. The number of amides is 1. The van der Waals surface area contributed by atoms with Gasteiger partial charge in [0.1, 0.15) is 0 Å². The zero-order chi connectivity index (χ0) is 11.1. The zero-order valence-corrected chi connectivity index (χ0v) is 7.93. The predicted molar refractivity (Wildman–Crippen MR) is 44.0 cm³/mol. The van der Waals surface area contributed by atoms with Crippen LogP contribution in [0.5, 0.6) is 0 Å². The maximum atomic E-state index is 11.8. The lowest BCUT2D eigenvalue weighted by Crippen LogP contribution is -2.55. The number of rotatable bonds is 0. The Morgan fingerprint density at radius 2 is 2.07 bits per heavy atom. The summed E-state index contributed by atoms with van der Waals surface area (Å²) in [6, 6.07) is 0. The minimum Gasteiger partial charge on any atom is -0.356 e. The molecule has 0 atom stereocenters. The van der Waals surface area contributed by atoms with E-state index < -0.39 is 12.5 Å². The molecule has 2 fully saturated rings. The standard InChI is InChI=1S/C8H11F3N2O2/c9-8(10,11)15-6(14)13-2-1-7(5-13)3-12-4-7/h12H,1-5H2. The van der Waals surface area contributed by atoms with Crippen LogP contribution in [0.2, 0.25) is 0 Å². The Morgan fingerprint density at radius 1 is 1.40 bits per heavy atom. The van der Waals surface area contributed by atoms with Crippen LogP contribution < -0.4 is 5.32 Å². The number of hydrogen-bond donors (Lipinski definition) is 1. The number of ether oxygens (including phenoxy) is 1. The Balaban J connectivity index is 1.88. The first-order chi connectivity index (χ1) is 6.90. The van der Waals surface area contributed by atoms with Crippen molar-refractivity contribution in [1.29, 1.82) is 0 Å². The van der Waals surface area contributed by atoms with Crippen molar-refractivity contribution in [2.45, 2.75) is 12.8 Å². The van der Waals surface area contributed by atoms with E-state index in [2.05, 4.69) is 10.1 Å². The Hall–Kier alpha value is -0.980. The first-order valence-corrected chi connectivity index (χ1v) is 4.66. The monoisotopic (exact) mass is 224 g/mol. The molecule has 0 unspecified atom stereocenters. The lowest BCUT2D eigenvalue weighted by molar-refractivity contribution is -0.294. The molecule has 0 aromatic carbocycles. The molecule has 0 saturated carbocycles. The lowest BCUT2D eigenvalue weighted by atomic mass is 9.81. The molecule has 2 heterocycles. The molecule has 15 heavy (non-hydrogen) atoms. The molecular weight excluding hydrogens is 213 g/mol. The molecule has 0 aromatic rings. The Labute approximate surface area is 84.4 Å². The molecule has 1 N–H and O–H groups in total. The summed E-state index contributed by atoms with van der Waals surface area (Å²) >= 11 is 0. The third kappa shape index (κ3) is 2.17. The second-order valence-electron chi connectivity index (χ2n) is 4.09. The number of likely N-dealkylation sites (tertiary alicyclic amines) is 1. The van der Waals surface area contributed by atoms with Crippen LogP contribution in [0.1, 0.15) is 6.42 Å². The Bertz CT molecular complexity index is 276. The second-order valence-corrected chi connectivity index (χ2v) is 4.09. The van der Waals surface area contributed by atoms with Gasteiger partial charge in [0, 0.05) is 31.6 Å². The lowest BCUT2D eigenvalue weighted by Gasteiger charge is -2.38. The average molecular weight is 224 g/mol. The fourth-order valence-electron chi connectivity index (χ4n) is 2.02. The van der Waals surface area contributed by atoms with Crippen LogP contribution in [0.25, 0.3) is 0 Å². The van der Waals surface area contributed by atoms with Gasteiger partial charge in [0.2, 0.25) is 0 Å². The normalized spacial score (nSPS) is 24.1. The first kappa shape index (κ1) is 10.5. The van der Waals surface area contributed by atoms with Crippen molar-refractivity contribution >= 4 is 6.09 Å². The maximum Gasteiger partial charge on any atom is 0.576 e. The van der Waals surface area contributed by atoms with Crippen LogP contribution in [0, 0.1) is 5.41 Å². The average Bonchev–Trinajstić information content (AvgIpc) is 2.43. The quantitative estimate of drug-likeness (QED) is 0.665. The van der Waals surface area contributed by atoms with E-state index in [1.165, 1.54) is 0 Å². The summed E-state index contributed by atoms with van der Waals surface area (Å²) in [5.74, 6) is 0. The highest BCUT2D eigenvalue weighted by atomic mass is 19.4. The molecule has 1 spiro atoms. The van der Waals surface area contributed by atoms with Crippen LogP contribution >= 0.6 is 0 Å². The first-order valence-electron chi connectivity index (χ1n) is 4.66. The van der Waals surface area contributed by atoms with E-state index in [0.29, 0.717) is 13.1 Å². The van der Waals surface area contributed by atoms with E-state index in [4.69, 9.17) is 0 Å². The maximum absolute atomic E-state index is 11.8. The minimum absolute atomic E-state index is 0.00931. The van der Waals surface area contributed by atoms with Crippen molar-refractivity contribution in [2.75, 3.05) is 26.2 Å². The van der Waals surface area contributed by atoms with Gasteiger partial charge in [-0.1, -0.05) is 0 Å². The highest BCUT2D eigenvalue weighted by Crippen LogP contribution is 2.34. The van der Waals surface area contributed by atoms with Gasteiger partial charge >= 0.3 is 12.5 Å². The molecule has 2 rings (SSSR count). The van der Waals surface area contributed by atoms with Crippen molar-refractivity contribution < 1.29 is 22.7 Å². The van der Waals surface area contributed by atoms with E-state index in [-0.39, 0.29) is 5.41 Å². The van der Waals surface area contributed by atoms with Crippen molar-refractivity contribution in [2.24, 2.45) is 5.41 Å². The van der Waals surface area contributed by atoms with Gasteiger partial charge in [-0.3, -0.25) is 0 Å². The Morgan fingerprint density at radius 3 is 2.47 bits per heavy atom. The molecular formula is C8H11F3N2O2. The van der Waals surface area contributed by atoms with Crippen LogP contribution in [-0.2, 0) is 4.74 Å². The van der Waals surface area contributed by atoms with Gasteiger partial charge in [0.05, 0.1) is 0 Å². The number of nitrogens with zero attached hydrogens (tertiary/aromatic N) is 1. The molecule has 4 nitrogen and oxygen atoms in total. The van der Waals surface area contributed by atoms with Crippen molar-refractivity contribution in [3.05, 3.63) is 0 Å². The smallest absolute Gasteiger partial charge is 0.356 e. The van der Waals surface area contributed by atoms with Gasteiger partial charge in [0.15, 0.2) is 0 Å². The summed E-state index contributed by atoms with van der Waals surface area (Å²) in [7, 11) is 0. The zero-order valence-electron chi connectivity index (χ0n) is 7.93. The van der Waals surface area contributed by atoms with Gasteiger partial charge in [-0.2, -0.15) is 0 Å². The molecule has 86 valence electrons. The molecule has 2 aliphatic heterocycles. The summed E-state index contributed by atoms with van der Waals surface area (Å²) in [5.41, 5.74) is -0.00931. The SMILES string of the molecule is O=C(OC(F)(F)F)N1CCC2(CNC2)C1. The second kappa shape index (κ2) is 3.26. The van der Waals surface area contributed by atoms with E-state index in [9.17, 15) is 18.0 Å². The van der Waals surface area contributed by atoms with Crippen molar-refractivity contribution in [3.63, 3.8) is 0 Å². The molecule has 1 amide bonds. The number of carbonyl (C=O) groups is 1. The molecule has 0 bridgehead atoms. The summed E-state index contributed by atoms with van der Waals surface area (Å²) in [6.07, 6.45) is -5.43. The number of carbonyl (C=O) groups excluding carboxylic acids is 1.